The Morgan fingerprint density at radius 2 is 2.04 bits per heavy atom. The SMILES string of the molecule is CCCCN(C)C(=O)CCC[C@H]1NC[C@@H]2C[C@@H]1CN(Cc1ccccc1)C2. The molecule has 3 rings (SSSR count). The molecular weight excluding hydrogens is 334 g/mol. The summed E-state index contributed by atoms with van der Waals surface area (Å²) in [6, 6.07) is 11.4. The number of carbonyl (C=O) groups is 1. The van der Waals surface area contributed by atoms with E-state index in [4.69, 9.17) is 0 Å². The van der Waals surface area contributed by atoms with Crippen molar-refractivity contribution in [3.63, 3.8) is 0 Å². The van der Waals surface area contributed by atoms with Crippen molar-refractivity contribution < 1.29 is 4.79 Å². The van der Waals surface area contributed by atoms with Gasteiger partial charge in [-0.1, -0.05) is 43.7 Å². The van der Waals surface area contributed by atoms with E-state index < -0.39 is 0 Å². The number of rotatable bonds is 9. The van der Waals surface area contributed by atoms with E-state index in [1.165, 1.54) is 25.1 Å². The number of benzene rings is 1. The average Bonchev–Trinajstić information content (AvgIpc) is 2.68. The summed E-state index contributed by atoms with van der Waals surface area (Å²) in [6.45, 7) is 7.68. The highest BCUT2D eigenvalue weighted by Gasteiger charge is 2.36. The predicted molar refractivity (Wildman–Crippen MR) is 112 cm³/mol. The maximum Gasteiger partial charge on any atom is 0.222 e. The molecule has 2 bridgehead atoms. The van der Waals surface area contributed by atoms with Gasteiger partial charge in [0.2, 0.25) is 5.91 Å². The van der Waals surface area contributed by atoms with Crippen molar-refractivity contribution in [2.45, 2.75) is 58.0 Å². The Morgan fingerprint density at radius 3 is 2.81 bits per heavy atom. The molecule has 2 aliphatic rings. The third kappa shape index (κ3) is 6.05. The van der Waals surface area contributed by atoms with Gasteiger partial charge in [0.25, 0.3) is 0 Å². The number of nitrogens with one attached hydrogen (secondary N) is 1. The van der Waals surface area contributed by atoms with E-state index in [0.717, 1.165) is 57.2 Å². The molecule has 0 saturated carbocycles. The van der Waals surface area contributed by atoms with E-state index >= 15 is 0 Å². The first-order chi connectivity index (χ1) is 13.2. The van der Waals surface area contributed by atoms with Gasteiger partial charge in [-0.15, -0.1) is 0 Å². The van der Waals surface area contributed by atoms with Gasteiger partial charge in [-0.05, 0) is 49.6 Å². The zero-order valence-corrected chi connectivity index (χ0v) is 17.2. The average molecular weight is 372 g/mol. The van der Waals surface area contributed by atoms with Crippen LogP contribution >= 0.6 is 0 Å². The van der Waals surface area contributed by atoms with Crippen molar-refractivity contribution in [1.82, 2.24) is 15.1 Å². The number of amides is 1. The summed E-state index contributed by atoms with van der Waals surface area (Å²) in [5, 5.41) is 3.79. The fourth-order valence-corrected chi connectivity index (χ4v) is 4.77. The molecule has 2 aliphatic heterocycles. The maximum atomic E-state index is 12.3. The van der Waals surface area contributed by atoms with Gasteiger partial charge in [-0.3, -0.25) is 9.69 Å². The van der Waals surface area contributed by atoms with Crippen LogP contribution in [0.2, 0.25) is 0 Å². The Kier molecular flexibility index (Phi) is 7.71. The third-order valence-corrected chi connectivity index (χ3v) is 6.31. The molecule has 0 radical (unpaired) electrons. The van der Waals surface area contributed by atoms with Crippen LogP contribution < -0.4 is 5.32 Å². The molecule has 1 aromatic carbocycles. The lowest BCUT2D eigenvalue weighted by Crippen LogP contribution is -2.55. The third-order valence-electron chi connectivity index (χ3n) is 6.31. The Bertz CT molecular complexity index is 576. The van der Waals surface area contributed by atoms with Crippen LogP contribution in [0.4, 0.5) is 0 Å². The lowest BCUT2D eigenvalue weighted by atomic mass is 9.79. The van der Waals surface area contributed by atoms with Gasteiger partial charge >= 0.3 is 0 Å². The largest absolute Gasteiger partial charge is 0.346 e. The Balaban J connectivity index is 1.43. The zero-order valence-electron chi connectivity index (χ0n) is 17.2. The normalized spacial score (nSPS) is 25.3. The van der Waals surface area contributed by atoms with Gasteiger partial charge in [0.15, 0.2) is 0 Å². The molecule has 0 aromatic heterocycles. The van der Waals surface area contributed by atoms with Crippen LogP contribution in [-0.4, -0.2) is 55.0 Å². The molecule has 1 amide bonds. The van der Waals surface area contributed by atoms with E-state index in [1.54, 1.807) is 0 Å². The number of nitrogens with zero attached hydrogens (tertiary/aromatic N) is 2. The quantitative estimate of drug-likeness (QED) is 0.721. The first kappa shape index (κ1) is 20.3. The molecule has 27 heavy (non-hydrogen) atoms. The molecule has 2 heterocycles. The highest BCUT2D eigenvalue weighted by molar-refractivity contribution is 5.75. The van der Waals surface area contributed by atoms with E-state index in [-0.39, 0.29) is 0 Å². The molecule has 0 unspecified atom stereocenters. The van der Waals surface area contributed by atoms with Gasteiger partial charge in [0.1, 0.15) is 0 Å². The number of fused-ring (bicyclic) bond motifs is 2. The number of carbonyl (C=O) groups excluding carboxylic acids is 1. The predicted octanol–water partition coefficient (Wildman–Crippen LogP) is 3.53. The number of hydrogen-bond acceptors (Lipinski definition) is 3. The van der Waals surface area contributed by atoms with E-state index in [2.05, 4.69) is 47.5 Å². The number of piperidine rings is 2. The molecule has 3 atom stereocenters. The van der Waals surface area contributed by atoms with Crippen LogP contribution in [0.3, 0.4) is 0 Å². The summed E-state index contributed by atoms with van der Waals surface area (Å²) in [5.74, 6) is 1.83. The topological polar surface area (TPSA) is 35.6 Å². The second-order valence-electron chi connectivity index (χ2n) is 8.62. The van der Waals surface area contributed by atoms with Crippen molar-refractivity contribution in [1.29, 1.82) is 0 Å². The van der Waals surface area contributed by atoms with E-state index in [1.807, 2.05) is 11.9 Å². The highest BCUT2D eigenvalue weighted by Crippen LogP contribution is 2.31. The Labute approximate surface area is 165 Å². The zero-order chi connectivity index (χ0) is 19.1. The van der Waals surface area contributed by atoms with E-state index in [0.29, 0.717) is 18.4 Å². The summed E-state index contributed by atoms with van der Waals surface area (Å²) < 4.78 is 0. The van der Waals surface area contributed by atoms with Crippen LogP contribution in [0, 0.1) is 11.8 Å². The summed E-state index contributed by atoms with van der Waals surface area (Å²) >= 11 is 0. The smallest absolute Gasteiger partial charge is 0.222 e. The first-order valence-electron chi connectivity index (χ1n) is 10.9. The molecule has 1 aromatic rings. The van der Waals surface area contributed by atoms with Gasteiger partial charge in [-0.25, -0.2) is 0 Å². The molecule has 2 saturated heterocycles. The van der Waals surface area contributed by atoms with Crippen LogP contribution in [0.1, 0.15) is 51.0 Å². The number of hydrogen-bond donors (Lipinski definition) is 1. The number of likely N-dealkylation sites (tertiary alicyclic amines) is 1. The summed E-state index contributed by atoms with van der Waals surface area (Å²) in [7, 11) is 1.95. The van der Waals surface area contributed by atoms with Gasteiger partial charge in [0.05, 0.1) is 0 Å². The molecule has 1 N–H and O–H groups in total. The second kappa shape index (κ2) is 10.2. The second-order valence-corrected chi connectivity index (χ2v) is 8.62. The monoisotopic (exact) mass is 371 g/mol. The highest BCUT2D eigenvalue weighted by atomic mass is 16.2. The van der Waals surface area contributed by atoms with Crippen molar-refractivity contribution in [2.24, 2.45) is 11.8 Å². The number of unbranched alkanes of at least 4 members (excludes halogenated alkanes) is 1. The van der Waals surface area contributed by atoms with Crippen molar-refractivity contribution in [2.75, 3.05) is 33.2 Å². The molecule has 0 spiro atoms. The van der Waals surface area contributed by atoms with E-state index in [9.17, 15) is 4.79 Å². The Hall–Kier alpha value is -1.39. The lowest BCUT2D eigenvalue weighted by molar-refractivity contribution is -0.130. The van der Waals surface area contributed by atoms with Gasteiger partial charge in [0, 0.05) is 45.7 Å². The summed E-state index contributed by atoms with van der Waals surface area (Å²) in [4.78, 5) is 16.8. The fourth-order valence-electron chi connectivity index (χ4n) is 4.77. The minimum Gasteiger partial charge on any atom is -0.346 e. The minimum atomic E-state index is 0.312. The Morgan fingerprint density at radius 1 is 1.22 bits per heavy atom. The van der Waals surface area contributed by atoms with Crippen LogP contribution in [0.15, 0.2) is 30.3 Å². The molecule has 150 valence electrons. The fraction of sp³-hybridized carbons (Fsp3) is 0.696. The molecular formula is C23H37N3O. The molecule has 4 nitrogen and oxygen atoms in total. The van der Waals surface area contributed by atoms with Crippen LogP contribution in [0.5, 0.6) is 0 Å². The summed E-state index contributed by atoms with van der Waals surface area (Å²) in [6.07, 6.45) is 6.44. The lowest BCUT2D eigenvalue weighted by Gasteiger charge is -2.46. The minimum absolute atomic E-state index is 0.312. The standard InChI is InChI=1S/C23H37N3O/c1-3-4-13-25(2)23(27)12-8-11-22-21-14-20(15-24-22)17-26(18-21)16-19-9-6-5-7-10-19/h5-7,9-10,20-22,24H,3-4,8,11-18H2,1-2H3/t20-,21+,22+/m0/s1. The summed E-state index contributed by atoms with van der Waals surface area (Å²) in [5.41, 5.74) is 1.42. The van der Waals surface area contributed by atoms with Gasteiger partial charge in [-0.2, -0.15) is 0 Å². The molecule has 0 aliphatic carbocycles. The van der Waals surface area contributed by atoms with Crippen molar-refractivity contribution >= 4 is 5.91 Å². The van der Waals surface area contributed by atoms with Gasteiger partial charge < -0.3 is 10.2 Å². The maximum absolute atomic E-state index is 12.3. The molecule has 4 heteroatoms. The van der Waals surface area contributed by atoms with Crippen LogP contribution in [0.25, 0.3) is 0 Å². The first-order valence-corrected chi connectivity index (χ1v) is 10.9. The van der Waals surface area contributed by atoms with Crippen molar-refractivity contribution in [3.05, 3.63) is 35.9 Å². The molecule has 2 fully saturated rings. The van der Waals surface area contributed by atoms with Crippen LogP contribution in [-0.2, 0) is 11.3 Å². The van der Waals surface area contributed by atoms with Crippen molar-refractivity contribution in [3.8, 4) is 0 Å².